The van der Waals surface area contributed by atoms with E-state index >= 15 is 0 Å². The van der Waals surface area contributed by atoms with Crippen LogP contribution in [0.4, 0.5) is 0 Å². The van der Waals surface area contributed by atoms with Crippen molar-refractivity contribution in [1.82, 2.24) is 15.1 Å². The van der Waals surface area contributed by atoms with E-state index in [1.807, 2.05) is 17.5 Å². The van der Waals surface area contributed by atoms with Crippen molar-refractivity contribution in [3.05, 3.63) is 45.8 Å². The third-order valence-electron chi connectivity index (χ3n) is 3.45. The van der Waals surface area contributed by atoms with Gasteiger partial charge in [0.05, 0.1) is 11.4 Å². The second kappa shape index (κ2) is 6.51. The van der Waals surface area contributed by atoms with Gasteiger partial charge in [0.2, 0.25) is 5.89 Å². The summed E-state index contributed by atoms with van der Waals surface area (Å²) in [5.41, 5.74) is 1.38. The zero-order valence-corrected chi connectivity index (χ0v) is 13.7. The summed E-state index contributed by atoms with van der Waals surface area (Å²) in [6, 6.07) is 6.58. The molecule has 0 saturated carbocycles. The van der Waals surface area contributed by atoms with Gasteiger partial charge in [0.1, 0.15) is 0 Å². The maximum atomic E-state index is 5.73. The van der Waals surface area contributed by atoms with E-state index in [1.54, 1.807) is 22.7 Å². The first-order valence-electron chi connectivity index (χ1n) is 6.80. The zero-order chi connectivity index (χ0) is 14.7. The summed E-state index contributed by atoms with van der Waals surface area (Å²) in [5, 5.41) is 14.6. The molecule has 3 rings (SSSR count). The molecule has 21 heavy (non-hydrogen) atoms. The minimum atomic E-state index is 0.427. The second-order valence-corrected chi connectivity index (χ2v) is 6.81. The molecule has 0 aliphatic heterocycles. The lowest BCUT2D eigenvalue weighted by Crippen LogP contribution is -2.30. The van der Waals surface area contributed by atoms with Gasteiger partial charge in [-0.3, -0.25) is 4.90 Å². The fourth-order valence-electron chi connectivity index (χ4n) is 2.09. The Kier molecular flexibility index (Phi) is 4.48. The highest BCUT2D eigenvalue weighted by Gasteiger charge is 2.15. The molecule has 0 aliphatic carbocycles. The lowest BCUT2D eigenvalue weighted by Gasteiger charge is -2.22. The minimum Gasteiger partial charge on any atom is -0.419 e. The highest BCUT2D eigenvalue weighted by atomic mass is 32.1. The van der Waals surface area contributed by atoms with Crippen LogP contribution in [0.2, 0.25) is 0 Å². The Morgan fingerprint density at radius 3 is 2.90 bits per heavy atom. The Morgan fingerprint density at radius 1 is 1.29 bits per heavy atom. The normalized spacial score (nSPS) is 12.9. The van der Waals surface area contributed by atoms with Crippen LogP contribution in [0, 0.1) is 0 Å². The number of thiophene rings is 2. The summed E-state index contributed by atoms with van der Waals surface area (Å²) in [6.45, 7) is 2.89. The Labute approximate surface area is 132 Å². The van der Waals surface area contributed by atoms with Crippen LogP contribution >= 0.6 is 22.7 Å². The summed E-state index contributed by atoms with van der Waals surface area (Å²) in [7, 11) is 2.09. The number of hydrogen-bond donors (Lipinski definition) is 0. The van der Waals surface area contributed by atoms with E-state index in [0.29, 0.717) is 24.4 Å². The molecule has 0 aliphatic rings. The summed E-state index contributed by atoms with van der Waals surface area (Å²) in [6.07, 6.45) is 1.03. The first kappa shape index (κ1) is 14.4. The second-order valence-electron chi connectivity index (χ2n) is 5.08. The molecule has 3 heterocycles. The van der Waals surface area contributed by atoms with Crippen molar-refractivity contribution in [3.8, 4) is 10.8 Å². The molecule has 0 aromatic carbocycles. The Hall–Kier alpha value is -1.50. The topological polar surface area (TPSA) is 42.2 Å². The van der Waals surface area contributed by atoms with Crippen LogP contribution in [-0.2, 0) is 13.0 Å². The van der Waals surface area contributed by atoms with Crippen LogP contribution in [0.15, 0.2) is 38.8 Å². The molecule has 0 radical (unpaired) electrons. The van der Waals surface area contributed by atoms with Crippen molar-refractivity contribution < 1.29 is 4.42 Å². The Morgan fingerprint density at radius 2 is 2.19 bits per heavy atom. The highest BCUT2D eigenvalue weighted by Crippen LogP contribution is 2.23. The summed E-state index contributed by atoms with van der Waals surface area (Å²) >= 11 is 3.35. The van der Waals surface area contributed by atoms with Crippen LogP contribution < -0.4 is 0 Å². The van der Waals surface area contributed by atoms with E-state index in [0.717, 1.165) is 11.3 Å². The van der Waals surface area contributed by atoms with Gasteiger partial charge in [-0.15, -0.1) is 21.5 Å². The molecule has 0 saturated heterocycles. The summed E-state index contributed by atoms with van der Waals surface area (Å²) < 4.78 is 5.73. The highest BCUT2D eigenvalue weighted by molar-refractivity contribution is 7.13. The lowest BCUT2D eigenvalue weighted by atomic mass is 10.1. The van der Waals surface area contributed by atoms with Gasteiger partial charge in [-0.1, -0.05) is 6.07 Å². The van der Waals surface area contributed by atoms with Gasteiger partial charge >= 0.3 is 0 Å². The zero-order valence-electron chi connectivity index (χ0n) is 12.0. The minimum absolute atomic E-state index is 0.427. The molecule has 0 bridgehead atoms. The van der Waals surface area contributed by atoms with Gasteiger partial charge in [0.25, 0.3) is 5.89 Å². The van der Waals surface area contributed by atoms with Crippen LogP contribution in [0.1, 0.15) is 18.4 Å². The SMILES string of the molecule is C[C@@H](Cc1ccsc1)N(C)Cc1nnc(-c2cccs2)o1. The van der Waals surface area contributed by atoms with Crippen LogP contribution in [-0.4, -0.2) is 28.2 Å². The lowest BCUT2D eigenvalue weighted by molar-refractivity contribution is 0.225. The Balaban J connectivity index is 1.60. The summed E-state index contributed by atoms with van der Waals surface area (Å²) in [4.78, 5) is 3.26. The molecule has 0 N–H and O–H groups in total. The molecular formula is C15H17N3OS2. The molecule has 6 heteroatoms. The third-order valence-corrected chi connectivity index (χ3v) is 5.04. The van der Waals surface area contributed by atoms with Crippen LogP contribution in [0.5, 0.6) is 0 Å². The predicted octanol–water partition coefficient (Wildman–Crippen LogP) is 3.92. The third kappa shape index (κ3) is 3.58. The standard InChI is InChI=1S/C15H17N3OS2/c1-11(8-12-5-7-20-10-12)18(2)9-14-16-17-15(19-14)13-4-3-6-21-13/h3-7,10-11H,8-9H2,1-2H3/t11-/m0/s1. The molecule has 0 amide bonds. The van der Waals surface area contributed by atoms with E-state index in [9.17, 15) is 0 Å². The number of hydrogen-bond acceptors (Lipinski definition) is 6. The van der Waals surface area contributed by atoms with Crippen molar-refractivity contribution in [2.24, 2.45) is 0 Å². The van der Waals surface area contributed by atoms with Crippen molar-refractivity contribution in [3.63, 3.8) is 0 Å². The fourth-order valence-corrected chi connectivity index (χ4v) is 3.42. The number of likely N-dealkylation sites (N-methyl/N-ethyl adjacent to an activating group) is 1. The molecule has 3 aromatic heterocycles. The number of aromatic nitrogens is 2. The molecule has 0 fully saturated rings. The monoisotopic (exact) mass is 319 g/mol. The maximum Gasteiger partial charge on any atom is 0.257 e. The number of nitrogens with zero attached hydrogens (tertiary/aromatic N) is 3. The van der Waals surface area contributed by atoms with Crippen molar-refractivity contribution >= 4 is 22.7 Å². The molecule has 0 spiro atoms. The van der Waals surface area contributed by atoms with E-state index in [2.05, 4.69) is 45.9 Å². The average Bonchev–Trinajstić information content (AvgIpc) is 3.20. The van der Waals surface area contributed by atoms with E-state index < -0.39 is 0 Å². The fraction of sp³-hybridized carbons (Fsp3) is 0.333. The van der Waals surface area contributed by atoms with Gasteiger partial charge < -0.3 is 4.42 Å². The first-order valence-corrected chi connectivity index (χ1v) is 8.62. The van der Waals surface area contributed by atoms with Crippen LogP contribution in [0.25, 0.3) is 10.8 Å². The molecule has 4 nitrogen and oxygen atoms in total. The van der Waals surface area contributed by atoms with Gasteiger partial charge in [0.15, 0.2) is 0 Å². The smallest absolute Gasteiger partial charge is 0.257 e. The molecule has 1 atom stereocenters. The van der Waals surface area contributed by atoms with Crippen molar-refractivity contribution in [2.45, 2.75) is 25.9 Å². The molecule has 3 aromatic rings. The van der Waals surface area contributed by atoms with Gasteiger partial charge in [0, 0.05) is 6.04 Å². The first-order chi connectivity index (χ1) is 10.2. The average molecular weight is 319 g/mol. The summed E-state index contributed by atoms with van der Waals surface area (Å²) in [5.74, 6) is 1.27. The molecular weight excluding hydrogens is 302 g/mol. The molecule has 0 unspecified atom stereocenters. The van der Waals surface area contributed by atoms with Crippen LogP contribution in [0.3, 0.4) is 0 Å². The van der Waals surface area contributed by atoms with Crippen molar-refractivity contribution in [2.75, 3.05) is 7.05 Å². The Bertz CT molecular complexity index is 661. The van der Waals surface area contributed by atoms with Gasteiger partial charge in [-0.2, -0.15) is 11.3 Å². The van der Waals surface area contributed by atoms with E-state index in [4.69, 9.17) is 4.42 Å². The quantitative estimate of drug-likeness (QED) is 0.690. The van der Waals surface area contributed by atoms with E-state index in [1.165, 1.54) is 5.56 Å². The maximum absolute atomic E-state index is 5.73. The van der Waals surface area contributed by atoms with Crippen molar-refractivity contribution in [1.29, 1.82) is 0 Å². The predicted molar refractivity (Wildman–Crippen MR) is 86.6 cm³/mol. The number of rotatable bonds is 6. The van der Waals surface area contributed by atoms with Gasteiger partial charge in [-0.05, 0) is 54.2 Å². The van der Waals surface area contributed by atoms with Gasteiger partial charge in [-0.25, -0.2) is 0 Å². The van der Waals surface area contributed by atoms with E-state index in [-0.39, 0.29) is 0 Å². The molecule has 110 valence electrons. The largest absolute Gasteiger partial charge is 0.419 e.